The first-order chi connectivity index (χ1) is 22.8. The van der Waals surface area contributed by atoms with Crippen molar-refractivity contribution in [1.29, 1.82) is 0 Å². The summed E-state index contributed by atoms with van der Waals surface area (Å²) in [6, 6.07) is 19.4. The normalized spacial score (nSPS) is 24.9. The summed E-state index contributed by atoms with van der Waals surface area (Å²) in [5.41, 5.74) is 0.367. The van der Waals surface area contributed by atoms with Crippen LogP contribution in [0.15, 0.2) is 66.7 Å². The number of nitro benzene ring substituents is 1. The zero-order valence-electron chi connectivity index (χ0n) is 27.5. The molecule has 2 fully saturated rings. The van der Waals surface area contributed by atoms with Crippen molar-refractivity contribution in [2.24, 2.45) is 5.92 Å². The van der Waals surface area contributed by atoms with Crippen molar-refractivity contribution in [3.05, 3.63) is 88.0 Å². The Kier molecular flexibility index (Phi) is 8.64. The molecular formula is C35H39N3O9Si. The molecule has 3 aromatic carbocycles. The molecule has 0 bridgehead atoms. The maximum absolute atomic E-state index is 14.9. The van der Waals surface area contributed by atoms with E-state index in [1.165, 1.54) is 24.0 Å². The second kappa shape index (κ2) is 12.5. The zero-order valence-corrected chi connectivity index (χ0v) is 28.5. The molecular weight excluding hydrogens is 634 g/mol. The van der Waals surface area contributed by atoms with Gasteiger partial charge in [0.25, 0.3) is 11.6 Å². The van der Waals surface area contributed by atoms with E-state index in [4.69, 9.17) is 14.2 Å². The lowest BCUT2D eigenvalue weighted by atomic mass is 9.82. The Morgan fingerprint density at radius 2 is 1.85 bits per heavy atom. The molecule has 252 valence electrons. The van der Waals surface area contributed by atoms with Crippen molar-refractivity contribution in [3.63, 3.8) is 0 Å². The molecule has 3 aromatic rings. The minimum atomic E-state index is -2.43. The molecule has 0 aromatic heterocycles. The number of nitro groups is 1. The Morgan fingerprint density at radius 3 is 2.48 bits per heavy atom. The van der Waals surface area contributed by atoms with Gasteiger partial charge in [0.2, 0.25) is 5.91 Å². The van der Waals surface area contributed by atoms with Crippen molar-refractivity contribution < 1.29 is 38.6 Å². The van der Waals surface area contributed by atoms with Crippen LogP contribution in [-0.4, -0.2) is 61.9 Å². The largest absolute Gasteiger partial charge is 0.497 e. The fourth-order valence-corrected chi connectivity index (χ4v) is 12.0. The Hall–Kier alpha value is -4.59. The van der Waals surface area contributed by atoms with E-state index < -0.39 is 42.8 Å². The van der Waals surface area contributed by atoms with Crippen LogP contribution in [0.3, 0.4) is 0 Å². The van der Waals surface area contributed by atoms with Gasteiger partial charge >= 0.3 is 5.97 Å². The molecule has 2 amide bonds. The van der Waals surface area contributed by atoms with E-state index in [-0.39, 0.29) is 42.6 Å². The summed E-state index contributed by atoms with van der Waals surface area (Å²) >= 11 is 0. The minimum Gasteiger partial charge on any atom is -0.497 e. The van der Waals surface area contributed by atoms with Crippen LogP contribution in [0.25, 0.3) is 0 Å². The topological polar surface area (TPSA) is 149 Å². The summed E-state index contributed by atoms with van der Waals surface area (Å²) in [6.07, 6.45) is -0.792. The molecule has 5 atom stereocenters. The molecule has 3 aliphatic rings. The molecule has 48 heavy (non-hydrogen) atoms. The standard InChI is InChI=1S/C35H39N3O9Si/c1-21-33(48(4,5)27-12-10-26(45-3)11-13-27)30(15-16-39)47-35(21)28-18-25(38(43)44)9-14-29(28)36(34(35)42)20-23-7-6-8-24(17-23)37-31(41)19-32(37)46-22(2)40/h6-14,17-18,21,30,32-33,39H,15-16,19-20H2,1-5H3/t21-,30+,32?,33-,35+/m1/s1. The highest BCUT2D eigenvalue weighted by molar-refractivity contribution is 6.91. The Bertz CT molecular complexity index is 1780. The molecule has 1 unspecified atom stereocenters. The molecule has 3 heterocycles. The smallest absolute Gasteiger partial charge is 0.304 e. The van der Waals surface area contributed by atoms with Crippen LogP contribution in [0.4, 0.5) is 17.1 Å². The number of carbonyl (C=O) groups is 3. The van der Waals surface area contributed by atoms with Gasteiger partial charge < -0.3 is 24.2 Å². The predicted octanol–water partition coefficient (Wildman–Crippen LogP) is 4.37. The molecule has 3 aliphatic heterocycles. The molecule has 0 saturated carbocycles. The number of ether oxygens (including phenoxy) is 3. The molecule has 1 spiro atoms. The first kappa shape index (κ1) is 33.3. The van der Waals surface area contributed by atoms with Crippen molar-refractivity contribution in [1.82, 2.24) is 0 Å². The molecule has 1 N–H and O–H groups in total. The maximum Gasteiger partial charge on any atom is 0.304 e. The summed E-state index contributed by atoms with van der Waals surface area (Å²) in [5, 5.41) is 23.3. The number of hydrogen-bond acceptors (Lipinski definition) is 9. The highest BCUT2D eigenvalue weighted by atomic mass is 28.3. The van der Waals surface area contributed by atoms with Gasteiger partial charge in [0.05, 0.1) is 44.9 Å². The van der Waals surface area contributed by atoms with E-state index in [0.29, 0.717) is 28.9 Å². The Balaban J connectivity index is 1.40. The number of aliphatic hydroxyl groups excluding tert-OH is 1. The molecule has 6 rings (SSSR count). The predicted molar refractivity (Wildman–Crippen MR) is 180 cm³/mol. The van der Waals surface area contributed by atoms with Crippen LogP contribution in [-0.2, 0) is 36.0 Å². The highest BCUT2D eigenvalue weighted by Crippen LogP contribution is 2.60. The molecule has 0 radical (unpaired) electrons. The lowest BCUT2D eigenvalue weighted by Crippen LogP contribution is -2.54. The third kappa shape index (κ3) is 5.35. The fraction of sp³-hybridized carbons (Fsp3) is 0.400. The average Bonchev–Trinajstić information content (AvgIpc) is 3.47. The number of nitrogens with zero attached hydrogens (tertiary/aromatic N) is 3. The summed E-state index contributed by atoms with van der Waals surface area (Å²) in [4.78, 5) is 53.5. The van der Waals surface area contributed by atoms with Crippen LogP contribution < -0.4 is 19.7 Å². The van der Waals surface area contributed by atoms with Crippen molar-refractivity contribution in [3.8, 4) is 5.75 Å². The van der Waals surface area contributed by atoms with Crippen LogP contribution in [0.1, 0.15) is 37.8 Å². The van der Waals surface area contributed by atoms with E-state index in [2.05, 4.69) is 13.1 Å². The lowest BCUT2D eigenvalue weighted by Gasteiger charge is -2.39. The number of rotatable bonds is 10. The number of hydrogen-bond donors (Lipinski definition) is 1. The second-order valence-corrected chi connectivity index (χ2v) is 17.9. The number of anilines is 2. The fourth-order valence-electron chi connectivity index (χ4n) is 7.94. The summed E-state index contributed by atoms with van der Waals surface area (Å²) < 4.78 is 17.5. The third-order valence-corrected chi connectivity index (χ3v) is 14.5. The minimum absolute atomic E-state index is 0.0880. The van der Waals surface area contributed by atoms with E-state index in [9.17, 15) is 29.6 Å². The van der Waals surface area contributed by atoms with Crippen LogP contribution >= 0.6 is 0 Å². The van der Waals surface area contributed by atoms with Crippen molar-refractivity contribution >= 4 is 48.1 Å². The van der Waals surface area contributed by atoms with Gasteiger partial charge in [-0.1, -0.05) is 49.5 Å². The molecule has 13 heteroatoms. The van der Waals surface area contributed by atoms with E-state index in [1.54, 1.807) is 36.3 Å². The molecule has 2 saturated heterocycles. The van der Waals surface area contributed by atoms with Crippen LogP contribution in [0.2, 0.25) is 18.6 Å². The van der Waals surface area contributed by atoms with Gasteiger partial charge in [-0.3, -0.25) is 29.4 Å². The van der Waals surface area contributed by atoms with Crippen molar-refractivity contribution in [2.75, 3.05) is 23.5 Å². The third-order valence-electron chi connectivity index (χ3n) is 10.2. The highest BCUT2D eigenvalue weighted by Gasteiger charge is 2.66. The number of non-ortho nitro benzene ring substituents is 1. The van der Waals surface area contributed by atoms with E-state index in [1.807, 2.05) is 37.3 Å². The average molecular weight is 674 g/mol. The monoisotopic (exact) mass is 673 g/mol. The number of methoxy groups -OCH3 is 1. The van der Waals surface area contributed by atoms with Crippen LogP contribution in [0.5, 0.6) is 5.75 Å². The Morgan fingerprint density at radius 1 is 1.12 bits per heavy atom. The second-order valence-electron chi connectivity index (χ2n) is 13.2. The quantitative estimate of drug-likeness (QED) is 0.109. The summed E-state index contributed by atoms with van der Waals surface area (Å²) in [5.74, 6) is -0.682. The zero-order chi connectivity index (χ0) is 34.5. The Labute approximate surface area is 279 Å². The SMILES string of the molecule is COc1ccc([Si](C)(C)[C@H]2[C@H](CCO)O[C@@]3(C(=O)N(Cc4cccc(N5C(=O)CC5OC(C)=O)c4)c4ccc([N+](=O)[O-])cc43)[C@@H]2C)cc1. The lowest BCUT2D eigenvalue weighted by molar-refractivity contribution is -0.385. The van der Waals surface area contributed by atoms with Crippen LogP contribution in [0, 0.1) is 16.0 Å². The number of fused-ring (bicyclic) bond motifs is 2. The molecule has 0 aliphatic carbocycles. The number of amides is 2. The van der Waals surface area contributed by atoms with Gasteiger partial charge in [-0.2, -0.15) is 0 Å². The maximum atomic E-state index is 14.9. The molecule has 12 nitrogen and oxygen atoms in total. The van der Waals surface area contributed by atoms with Gasteiger partial charge in [-0.15, -0.1) is 0 Å². The van der Waals surface area contributed by atoms with Gasteiger partial charge in [-0.25, -0.2) is 0 Å². The van der Waals surface area contributed by atoms with Gasteiger partial charge in [0.1, 0.15) is 5.75 Å². The van der Waals surface area contributed by atoms with Gasteiger partial charge in [-0.05, 0) is 47.9 Å². The van der Waals surface area contributed by atoms with E-state index >= 15 is 0 Å². The number of benzene rings is 3. The number of esters is 1. The van der Waals surface area contributed by atoms with Gasteiger partial charge in [0.15, 0.2) is 11.8 Å². The van der Waals surface area contributed by atoms with Crippen molar-refractivity contribution in [2.45, 2.75) is 69.8 Å². The first-order valence-electron chi connectivity index (χ1n) is 16.0. The number of β-lactam (4-membered cyclic amide) rings is 1. The first-order valence-corrected chi connectivity index (χ1v) is 19.0. The van der Waals surface area contributed by atoms with Gasteiger partial charge in [0, 0.05) is 42.8 Å². The van der Waals surface area contributed by atoms with E-state index in [0.717, 1.165) is 10.9 Å². The summed E-state index contributed by atoms with van der Waals surface area (Å²) in [7, 11) is -0.823. The number of aliphatic hydroxyl groups is 1. The summed E-state index contributed by atoms with van der Waals surface area (Å²) in [6.45, 7) is 7.67. The number of carbonyl (C=O) groups excluding carboxylic acids is 3.